The van der Waals surface area contributed by atoms with Gasteiger partial charge >= 0.3 is 0 Å². The molecule has 0 saturated carbocycles. The van der Waals surface area contributed by atoms with Gasteiger partial charge < -0.3 is 4.57 Å². The second-order valence-corrected chi connectivity index (χ2v) is 17.3. The van der Waals surface area contributed by atoms with Crippen molar-refractivity contribution < 1.29 is 0 Å². The van der Waals surface area contributed by atoms with Crippen LogP contribution in [0.3, 0.4) is 0 Å². The summed E-state index contributed by atoms with van der Waals surface area (Å²) in [7, 11) is 0. The van der Waals surface area contributed by atoms with E-state index in [0.717, 1.165) is 33.4 Å². The van der Waals surface area contributed by atoms with Gasteiger partial charge in [-0.3, -0.25) is 0 Å². The van der Waals surface area contributed by atoms with E-state index in [4.69, 9.17) is 15.0 Å². The first-order valence-corrected chi connectivity index (χ1v) is 21.9. The van der Waals surface area contributed by atoms with Gasteiger partial charge in [0.1, 0.15) is 0 Å². The van der Waals surface area contributed by atoms with Gasteiger partial charge in [-0.05, 0) is 98.1 Å². The standard InChI is InChI=1S/C60H42N4/c1-60(2)52-37-47(41-20-11-5-12-21-41)31-33-55(52)64-54-32-30-46(40-18-9-4-10-19-40)35-50(54)51-36-49(38-53(60)56(51)64)45-24-15-25-48(34-45)59-62-57(43-22-13-6-14-23-43)61-58(63-59)44-28-26-42(27-29-44)39-16-7-3-8-17-39/h3-38H,1-2H3. The fraction of sp³-hybridized carbons (Fsp3) is 0.0500. The molecule has 0 saturated heterocycles. The third-order valence-electron chi connectivity index (χ3n) is 13.0. The van der Waals surface area contributed by atoms with Crippen LogP contribution in [0.5, 0.6) is 0 Å². The van der Waals surface area contributed by atoms with E-state index >= 15 is 0 Å². The van der Waals surface area contributed by atoms with Gasteiger partial charge in [-0.25, -0.2) is 15.0 Å². The molecule has 12 rings (SSSR count). The normalized spacial score (nSPS) is 12.7. The highest BCUT2D eigenvalue weighted by Crippen LogP contribution is 2.50. The predicted octanol–water partition coefficient (Wildman–Crippen LogP) is 15.3. The summed E-state index contributed by atoms with van der Waals surface area (Å²) in [6, 6.07) is 78.0. The van der Waals surface area contributed by atoms with Crippen LogP contribution >= 0.6 is 0 Å². The molecule has 4 nitrogen and oxygen atoms in total. The zero-order chi connectivity index (χ0) is 42.8. The molecule has 9 aromatic carbocycles. The van der Waals surface area contributed by atoms with Gasteiger partial charge in [-0.15, -0.1) is 0 Å². The number of benzene rings is 9. The van der Waals surface area contributed by atoms with Crippen LogP contribution in [0.1, 0.15) is 25.0 Å². The number of rotatable bonds is 7. The van der Waals surface area contributed by atoms with Crippen molar-refractivity contribution in [3.63, 3.8) is 0 Å². The fourth-order valence-electron chi connectivity index (χ4n) is 9.67. The highest BCUT2D eigenvalue weighted by molar-refractivity contribution is 6.14. The van der Waals surface area contributed by atoms with Crippen LogP contribution < -0.4 is 0 Å². The minimum Gasteiger partial charge on any atom is -0.309 e. The van der Waals surface area contributed by atoms with Crippen LogP contribution in [-0.4, -0.2) is 19.5 Å². The SMILES string of the molecule is CC1(C)c2cc(-c3ccccc3)ccc2-n2c3ccc(-c4ccccc4)cc3c3cc(-c4cccc(-c5nc(-c6ccccc6)nc(-c6ccc(-c7ccccc7)cc6)n5)c4)cc1c32. The summed E-state index contributed by atoms with van der Waals surface area (Å²) in [6.07, 6.45) is 0. The molecule has 302 valence electrons. The average molecular weight is 819 g/mol. The van der Waals surface area contributed by atoms with E-state index in [0.29, 0.717) is 17.5 Å². The number of aromatic nitrogens is 4. The summed E-state index contributed by atoms with van der Waals surface area (Å²) in [5, 5.41) is 2.48. The van der Waals surface area contributed by atoms with E-state index in [2.05, 4.69) is 213 Å². The molecule has 64 heavy (non-hydrogen) atoms. The first-order valence-electron chi connectivity index (χ1n) is 21.9. The molecule has 0 unspecified atom stereocenters. The van der Waals surface area contributed by atoms with Crippen molar-refractivity contribution in [1.29, 1.82) is 0 Å². The minimum atomic E-state index is -0.303. The lowest BCUT2D eigenvalue weighted by Gasteiger charge is -2.35. The Bertz CT molecular complexity index is 3540. The molecule has 0 amide bonds. The number of hydrogen-bond donors (Lipinski definition) is 0. The van der Waals surface area contributed by atoms with Crippen molar-refractivity contribution in [3.05, 3.63) is 230 Å². The van der Waals surface area contributed by atoms with E-state index in [1.54, 1.807) is 0 Å². The molecule has 0 bridgehead atoms. The third kappa shape index (κ3) is 6.34. The molecule has 11 aromatic rings. The zero-order valence-electron chi connectivity index (χ0n) is 35.6. The Hall–Kier alpha value is -8.21. The lowest BCUT2D eigenvalue weighted by atomic mass is 9.73. The van der Waals surface area contributed by atoms with Gasteiger partial charge in [0, 0.05) is 32.9 Å². The fourth-order valence-corrected chi connectivity index (χ4v) is 9.67. The molecule has 0 aliphatic carbocycles. The van der Waals surface area contributed by atoms with Gasteiger partial charge in [-0.2, -0.15) is 0 Å². The molecule has 2 aromatic heterocycles. The molecule has 1 aliphatic heterocycles. The highest BCUT2D eigenvalue weighted by Gasteiger charge is 2.36. The van der Waals surface area contributed by atoms with Crippen LogP contribution in [0, 0.1) is 0 Å². The Morgan fingerprint density at radius 2 is 0.719 bits per heavy atom. The molecular weight excluding hydrogens is 777 g/mol. The molecule has 0 spiro atoms. The zero-order valence-corrected chi connectivity index (χ0v) is 35.6. The number of fused-ring (bicyclic) bond motifs is 5. The second kappa shape index (κ2) is 15.0. The van der Waals surface area contributed by atoms with E-state index in [1.807, 2.05) is 24.3 Å². The van der Waals surface area contributed by atoms with E-state index in [9.17, 15) is 0 Å². The molecule has 0 atom stereocenters. The van der Waals surface area contributed by atoms with Crippen molar-refractivity contribution in [2.24, 2.45) is 0 Å². The smallest absolute Gasteiger partial charge is 0.164 e. The quantitative estimate of drug-likeness (QED) is 0.161. The first-order chi connectivity index (χ1) is 31.5. The Labute approximate surface area is 372 Å². The first kappa shape index (κ1) is 37.5. The summed E-state index contributed by atoms with van der Waals surface area (Å²) in [5.41, 5.74) is 18.2. The number of hydrogen-bond acceptors (Lipinski definition) is 3. The summed E-state index contributed by atoms with van der Waals surface area (Å²) < 4.78 is 2.51. The minimum absolute atomic E-state index is 0.303. The molecule has 4 heteroatoms. The van der Waals surface area contributed by atoms with E-state index < -0.39 is 0 Å². The van der Waals surface area contributed by atoms with Crippen LogP contribution in [0.4, 0.5) is 0 Å². The average Bonchev–Trinajstić information content (AvgIpc) is 3.70. The van der Waals surface area contributed by atoms with Crippen molar-refractivity contribution in [2.75, 3.05) is 0 Å². The van der Waals surface area contributed by atoms with Crippen LogP contribution in [0.2, 0.25) is 0 Å². The highest BCUT2D eigenvalue weighted by atomic mass is 15.0. The predicted molar refractivity (Wildman–Crippen MR) is 264 cm³/mol. The molecule has 0 N–H and O–H groups in total. The Morgan fingerprint density at radius 3 is 1.34 bits per heavy atom. The summed E-state index contributed by atoms with van der Waals surface area (Å²) >= 11 is 0. The Morgan fingerprint density at radius 1 is 0.312 bits per heavy atom. The van der Waals surface area contributed by atoms with Crippen LogP contribution in [0.25, 0.3) is 106 Å². The van der Waals surface area contributed by atoms with Crippen molar-refractivity contribution in [3.8, 4) is 84.4 Å². The van der Waals surface area contributed by atoms with Crippen LogP contribution in [-0.2, 0) is 5.41 Å². The lowest BCUT2D eigenvalue weighted by molar-refractivity contribution is 0.630. The van der Waals surface area contributed by atoms with Crippen molar-refractivity contribution in [2.45, 2.75) is 19.3 Å². The third-order valence-corrected chi connectivity index (χ3v) is 13.0. The topological polar surface area (TPSA) is 43.6 Å². The number of nitrogens with zero attached hydrogens (tertiary/aromatic N) is 4. The summed E-state index contributed by atoms with van der Waals surface area (Å²) in [4.78, 5) is 15.3. The largest absolute Gasteiger partial charge is 0.309 e. The molecule has 1 aliphatic rings. The monoisotopic (exact) mass is 818 g/mol. The molecular formula is C60H42N4. The maximum absolute atomic E-state index is 5.17. The Balaban J connectivity index is 1.03. The van der Waals surface area contributed by atoms with Crippen LogP contribution in [0.15, 0.2) is 218 Å². The van der Waals surface area contributed by atoms with Gasteiger partial charge in [0.25, 0.3) is 0 Å². The van der Waals surface area contributed by atoms with Crippen molar-refractivity contribution in [1.82, 2.24) is 19.5 Å². The van der Waals surface area contributed by atoms with E-state index in [1.165, 1.54) is 66.4 Å². The molecule has 3 heterocycles. The maximum Gasteiger partial charge on any atom is 0.164 e. The lowest BCUT2D eigenvalue weighted by Crippen LogP contribution is -2.26. The summed E-state index contributed by atoms with van der Waals surface area (Å²) in [6.45, 7) is 4.77. The van der Waals surface area contributed by atoms with Crippen molar-refractivity contribution >= 4 is 21.8 Å². The molecule has 0 fully saturated rings. The Kier molecular flexibility index (Phi) is 8.80. The summed E-state index contributed by atoms with van der Waals surface area (Å²) in [5.74, 6) is 1.91. The van der Waals surface area contributed by atoms with E-state index in [-0.39, 0.29) is 5.41 Å². The van der Waals surface area contributed by atoms with Gasteiger partial charge in [-0.1, -0.05) is 190 Å². The molecule has 0 radical (unpaired) electrons. The second-order valence-electron chi connectivity index (χ2n) is 17.3. The maximum atomic E-state index is 5.17. The van der Waals surface area contributed by atoms with Gasteiger partial charge in [0.15, 0.2) is 17.5 Å². The van der Waals surface area contributed by atoms with Gasteiger partial charge in [0.05, 0.1) is 16.7 Å². The van der Waals surface area contributed by atoms with Gasteiger partial charge in [0.2, 0.25) is 0 Å².